The highest BCUT2D eigenvalue weighted by Gasteiger charge is 2.25. The van der Waals surface area contributed by atoms with E-state index in [1.807, 2.05) is 35.2 Å². The maximum atomic E-state index is 12.5. The Kier molecular flexibility index (Phi) is 4.31. The maximum absolute atomic E-state index is 12.5. The molecule has 3 nitrogen and oxygen atoms in total. The van der Waals surface area contributed by atoms with E-state index in [-0.39, 0.29) is 5.91 Å². The second-order valence-corrected chi connectivity index (χ2v) is 7.03. The number of nitrogens with zero attached hydrogens (tertiary/aromatic N) is 2. The molecule has 3 heteroatoms. The Morgan fingerprint density at radius 2 is 1.68 bits per heavy atom. The van der Waals surface area contributed by atoms with E-state index in [9.17, 15) is 4.79 Å². The minimum atomic E-state index is 0.252. The lowest BCUT2D eigenvalue weighted by Gasteiger charge is -2.32. The van der Waals surface area contributed by atoms with Crippen LogP contribution < -0.4 is 0 Å². The molecule has 128 valence electrons. The van der Waals surface area contributed by atoms with Gasteiger partial charge in [0, 0.05) is 37.2 Å². The van der Waals surface area contributed by atoms with Gasteiger partial charge < -0.3 is 9.47 Å². The highest BCUT2D eigenvalue weighted by molar-refractivity contribution is 5.84. The zero-order chi connectivity index (χ0) is 17.2. The van der Waals surface area contributed by atoms with Gasteiger partial charge in [0.05, 0.1) is 6.42 Å². The number of hydrogen-bond donors (Lipinski definition) is 0. The Bertz CT molecular complexity index is 873. The van der Waals surface area contributed by atoms with Crippen molar-refractivity contribution in [3.63, 3.8) is 0 Å². The number of benzene rings is 2. The van der Waals surface area contributed by atoms with E-state index in [2.05, 4.69) is 42.1 Å². The molecule has 0 N–H and O–H groups in total. The van der Waals surface area contributed by atoms with Gasteiger partial charge in [0.25, 0.3) is 0 Å². The van der Waals surface area contributed by atoms with Crippen molar-refractivity contribution >= 4 is 16.8 Å². The summed E-state index contributed by atoms with van der Waals surface area (Å²) in [6.07, 6.45) is 4.89. The van der Waals surface area contributed by atoms with Crippen LogP contribution in [0.25, 0.3) is 10.9 Å². The molecule has 1 saturated heterocycles. The van der Waals surface area contributed by atoms with Gasteiger partial charge in [0.1, 0.15) is 0 Å². The topological polar surface area (TPSA) is 25.2 Å². The molecule has 4 rings (SSSR count). The minimum Gasteiger partial charge on any atom is -0.350 e. The Morgan fingerprint density at radius 3 is 2.44 bits per heavy atom. The number of likely N-dealkylation sites (tertiary alicyclic amines) is 1. The van der Waals surface area contributed by atoms with Gasteiger partial charge in [0.2, 0.25) is 5.91 Å². The molecule has 1 fully saturated rings. The second-order valence-electron chi connectivity index (χ2n) is 7.03. The van der Waals surface area contributed by atoms with Crippen molar-refractivity contribution in [1.82, 2.24) is 9.47 Å². The summed E-state index contributed by atoms with van der Waals surface area (Å²) in [5.41, 5.74) is 3.83. The van der Waals surface area contributed by atoms with Gasteiger partial charge in [0.15, 0.2) is 0 Å². The zero-order valence-corrected chi connectivity index (χ0v) is 14.7. The molecule has 1 aliphatic rings. The molecule has 1 amide bonds. The zero-order valence-electron chi connectivity index (χ0n) is 14.7. The third-order valence-electron chi connectivity index (χ3n) is 5.41. The largest absolute Gasteiger partial charge is 0.350 e. The molecule has 0 aliphatic carbocycles. The lowest BCUT2D eigenvalue weighted by atomic mass is 9.89. The van der Waals surface area contributed by atoms with Crippen molar-refractivity contribution in [3.8, 4) is 0 Å². The predicted molar refractivity (Wildman–Crippen MR) is 102 cm³/mol. The van der Waals surface area contributed by atoms with E-state index in [1.54, 1.807) is 0 Å². The van der Waals surface area contributed by atoms with Crippen LogP contribution in [0.1, 0.15) is 29.9 Å². The van der Waals surface area contributed by atoms with Gasteiger partial charge in [-0.15, -0.1) is 0 Å². The van der Waals surface area contributed by atoms with Crippen molar-refractivity contribution in [2.45, 2.75) is 25.2 Å². The number of para-hydroxylation sites is 1. The molecule has 0 saturated carbocycles. The van der Waals surface area contributed by atoms with Crippen molar-refractivity contribution in [1.29, 1.82) is 0 Å². The molecule has 0 bridgehead atoms. The number of hydrogen-bond acceptors (Lipinski definition) is 1. The normalized spacial score (nSPS) is 15.6. The highest BCUT2D eigenvalue weighted by atomic mass is 16.2. The first-order valence-corrected chi connectivity index (χ1v) is 9.08. The standard InChI is InChI=1S/C22H24N2O/c1-23-16-20(19-9-5-6-10-21(19)23)18-11-13-24(14-12-18)22(25)15-17-7-3-2-4-8-17/h2-10,16,18H,11-15H2,1H3. The maximum Gasteiger partial charge on any atom is 0.226 e. The number of amides is 1. The van der Waals surface area contributed by atoms with Crippen LogP contribution in [-0.4, -0.2) is 28.5 Å². The van der Waals surface area contributed by atoms with E-state index in [1.165, 1.54) is 16.5 Å². The molecule has 3 aromatic rings. The molecule has 0 atom stereocenters. The Labute approximate surface area is 148 Å². The molecule has 1 aliphatic heterocycles. The number of carbonyl (C=O) groups excluding carboxylic acids is 1. The third kappa shape index (κ3) is 3.19. The summed E-state index contributed by atoms with van der Waals surface area (Å²) in [7, 11) is 2.12. The second kappa shape index (κ2) is 6.75. The Balaban J connectivity index is 1.43. The van der Waals surface area contributed by atoms with E-state index < -0.39 is 0 Å². The number of piperidine rings is 1. The Morgan fingerprint density at radius 1 is 1.00 bits per heavy atom. The monoisotopic (exact) mass is 332 g/mol. The van der Waals surface area contributed by atoms with Crippen LogP contribution in [0.15, 0.2) is 60.8 Å². The molecule has 0 unspecified atom stereocenters. The summed E-state index contributed by atoms with van der Waals surface area (Å²) >= 11 is 0. The van der Waals surface area contributed by atoms with Crippen molar-refractivity contribution in [3.05, 3.63) is 71.9 Å². The first-order valence-electron chi connectivity index (χ1n) is 9.08. The Hall–Kier alpha value is -2.55. The fraction of sp³-hybridized carbons (Fsp3) is 0.318. The van der Waals surface area contributed by atoms with E-state index in [0.717, 1.165) is 31.5 Å². The SMILES string of the molecule is Cn1cc(C2CCN(C(=O)Cc3ccccc3)CC2)c2ccccc21. The van der Waals surface area contributed by atoms with Crippen LogP contribution in [-0.2, 0) is 18.3 Å². The van der Waals surface area contributed by atoms with Gasteiger partial charge in [-0.1, -0.05) is 48.5 Å². The van der Waals surface area contributed by atoms with E-state index in [0.29, 0.717) is 12.3 Å². The number of aromatic nitrogens is 1. The van der Waals surface area contributed by atoms with Crippen LogP contribution in [0, 0.1) is 0 Å². The van der Waals surface area contributed by atoms with Crippen LogP contribution >= 0.6 is 0 Å². The lowest BCUT2D eigenvalue weighted by molar-refractivity contribution is -0.131. The summed E-state index contributed by atoms with van der Waals surface area (Å²) in [5.74, 6) is 0.800. The minimum absolute atomic E-state index is 0.252. The van der Waals surface area contributed by atoms with Crippen LogP contribution in [0.2, 0.25) is 0 Å². The third-order valence-corrected chi connectivity index (χ3v) is 5.41. The fourth-order valence-electron chi connectivity index (χ4n) is 4.02. The number of fused-ring (bicyclic) bond motifs is 1. The molecule has 0 radical (unpaired) electrons. The van der Waals surface area contributed by atoms with Crippen molar-refractivity contribution in [2.24, 2.45) is 7.05 Å². The van der Waals surface area contributed by atoms with E-state index in [4.69, 9.17) is 0 Å². The fourth-order valence-corrected chi connectivity index (χ4v) is 4.02. The van der Waals surface area contributed by atoms with Gasteiger partial charge >= 0.3 is 0 Å². The van der Waals surface area contributed by atoms with Crippen molar-refractivity contribution in [2.75, 3.05) is 13.1 Å². The number of aryl methyl sites for hydroxylation is 1. The molecule has 2 aromatic carbocycles. The molecular formula is C22H24N2O. The van der Waals surface area contributed by atoms with Crippen LogP contribution in [0.3, 0.4) is 0 Å². The van der Waals surface area contributed by atoms with Gasteiger partial charge in [-0.2, -0.15) is 0 Å². The molecule has 2 heterocycles. The molecule has 1 aromatic heterocycles. The quantitative estimate of drug-likeness (QED) is 0.708. The average molecular weight is 332 g/mol. The summed E-state index contributed by atoms with van der Waals surface area (Å²) in [6, 6.07) is 18.6. The first kappa shape index (κ1) is 15.9. The highest BCUT2D eigenvalue weighted by Crippen LogP contribution is 2.34. The van der Waals surface area contributed by atoms with E-state index >= 15 is 0 Å². The first-order chi connectivity index (χ1) is 12.2. The summed E-state index contributed by atoms with van der Waals surface area (Å²) in [6.45, 7) is 1.72. The number of carbonyl (C=O) groups is 1. The summed E-state index contributed by atoms with van der Waals surface area (Å²) in [4.78, 5) is 14.6. The lowest BCUT2D eigenvalue weighted by Crippen LogP contribution is -2.38. The molecular weight excluding hydrogens is 308 g/mol. The van der Waals surface area contributed by atoms with Gasteiger partial charge in [-0.25, -0.2) is 0 Å². The number of rotatable bonds is 3. The smallest absolute Gasteiger partial charge is 0.226 e. The summed E-state index contributed by atoms with van der Waals surface area (Å²) in [5, 5.41) is 1.36. The van der Waals surface area contributed by atoms with Gasteiger partial charge in [-0.3, -0.25) is 4.79 Å². The summed E-state index contributed by atoms with van der Waals surface area (Å²) < 4.78 is 2.22. The average Bonchev–Trinajstić information content (AvgIpc) is 3.00. The predicted octanol–water partition coefficient (Wildman–Crippen LogP) is 4.13. The van der Waals surface area contributed by atoms with Crippen LogP contribution in [0.5, 0.6) is 0 Å². The van der Waals surface area contributed by atoms with Crippen molar-refractivity contribution < 1.29 is 4.79 Å². The van der Waals surface area contributed by atoms with Gasteiger partial charge in [-0.05, 0) is 36.0 Å². The van der Waals surface area contributed by atoms with Crippen LogP contribution in [0.4, 0.5) is 0 Å². The molecule has 25 heavy (non-hydrogen) atoms. The molecule has 0 spiro atoms.